The normalized spacial score (nSPS) is 47.8. The Balaban J connectivity index is 1.48. The summed E-state index contributed by atoms with van der Waals surface area (Å²) in [6, 6.07) is 0. The highest BCUT2D eigenvalue weighted by molar-refractivity contribution is 5.93. The molecule has 5 rings (SSSR count). The van der Waals surface area contributed by atoms with Crippen LogP contribution in [0.5, 0.6) is 0 Å². The standard InChI is InChI=1S/C30H47FN2O5/c1-18-7-11-30-12-8-22(37-5)24(30)29(18,4)23(15-28(3,10-6-13-31)25(34)19(30)2)38-27(36)32-26(35)21-17-33-14-9-20(21)16-33/h18-24H,6-17H2,1-5H3,(H,32,35,36)/t18-,19+,20-,21+,22?,23-,24?,28-,29+,30?/m1/s1. The van der Waals surface area contributed by atoms with Crippen molar-refractivity contribution in [3.63, 3.8) is 0 Å². The van der Waals surface area contributed by atoms with Crippen LogP contribution in [0.1, 0.15) is 79.1 Å². The lowest BCUT2D eigenvalue weighted by Gasteiger charge is -2.61. The number of Topliss-reactive ketones (excluding diaryl/α,β-unsaturated/α-hetero) is 1. The molecule has 3 aliphatic carbocycles. The average molecular weight is 535 g/mol. The summed E-state index contributed by atoms with van der Waals surface area (Å²) in [5.74, 6) is 0.123. The van der Waals surface area contributed by atoms with E-state index in [0.29, 0.717) is 31.7 Å². The van der Waals surface area contributed by atoms with Crippen LogP contribution in [0.15, 0.2) is 0 Å². The van der Waals surface area contributed by atoms with Crippen LogP contribution in [0, 0.1) is 45.8 Å². The minimum absolute atomic E-state index is 0.0212. The monoisotopic (exact) mass is 534 g/mol. The molecule has 0 radical (unpaired) electrons. The molecule has 4 bridgehead atoms. The van der Waals surface area contributed by atoms with Crippen molar-refractivity contribution in [1.29, 1.82) is 0 Å². The van der Waals surface area contributed by atoms with Crippen LogP contribution in [0.25, 0.3) is 0 Å². The van der Waals surface area contributed by atoms with E-state index in [1.165, 1.54) is 0 Å². The molecule has 2 saturated heterocycles. The lowest BCUT2D eigenvalue weighted by atomic mass is 9.43. The Morgan fingerprint density at radius 2 is 1.87 bits per heavy atom. The second-order valence-corrected chi connectivity index (χ2v) is 13.8. The number of fused-ring (bicyclic) bond motifs is 2. The number of ether oxygens (including phenoxy) is 2. The molecule has 3 saturated carbocycles. The van der Waals surface area contributed by atoms with Gasteiger partial charge in [0.15, 0.2) is 0 Å². The SMILES string of the molecule is COC1CCC23CC[C@@H](C)[C@](C)(C12)[C@H](OC(=O)NC(=O)[C@H]1CN2CC[C@@H]1C2)C[C@@](C)(CCCF)C(=O)[C@@H]3C. The molecule has 11 atom stereocenters. The Morgan fingerprint density at radius 3 is 2.50 bits per heavy atom. The molecule has 0 aromatic carbocycles. The fourth-order valence-electron chi connectivity index (χ4n) is 9.78. The third-order valence-corrected chi connectivity index (χ3v) is 12.1. The van der Waals surface area contributed by atoms with Gasteiger partial charge in [0.25, 0.3) is 0 Å². The lowest BCUT2D eigenvalue weighted by Crippen LogP contribution is -2.63. The number of amides is 2. The van der Waals surface area contributed by atoms with Crippen molar-refractivity contribution in [2.24, 2.45) is 45.8 Å². The summed E-state index contributed by atoms with van der Waals surface area (Å²) in [7, 11) is 1.75. The Kier molecular flexibility index (Phi) is 7.47. The number of rotatable bonds is 6. The first-order valence-corrected chi connectivity index (χ1v) is 14.9. The largest absolute Gasteiger partial charge is 0.445 e. The third-order valence-electron chi connectivity index (χ3n) is 12.1. The molecule has 8 heteroatoms. The van der Waals surface area contributed by atoms with Gasteiger partial charge in [-0.05, 0) is 75.2 Å². The number of methoxy groups -OCH3 is 1. The minimum Gasteiger partial charge on any atom is -0.445 e. The highest BCUT2D eigenvalue weighted by Gasteiger charge is 2.68. The van der Waals surface area contributed by atoms with E-state index in [1.807, 2.05) is 6.92 Å². The van der Waals surface area contributed by atoms with Crippen LogP contribution in [-0.4, -0.2) is 68.3 Å². The molecule has 5 aliphatic rings. The first-order chi connectivity index (χ1) is 18.0. The van der Waals surface area contributed by atoms with Gasteiger partial charge in [-0.25, -0.2) is 4.79 Å². The van der Waals surface area contributed by atoms with Crippen LogP contribution < -0.4 is 5.32 Å². The van der Waals surface area contributed by atoms with E-state index >= 15 is 0 Å². The van der Waals surface area contributed by atoms with Crippen molar-refractivity contribution in [3.8, 4) is 0 Å². The number of carbonyl (C=O) groups excluding carboxylic acids is 3. The van der Waals surface area contributed by atoms with Crippen LogP contribution in [0.3, 0.4) is 0 Å². The summed E-state index contributed by atoms with van der Waals surface area (Å²) in [6.07, 6.45) is 4.38. The van der Waals surface area contributed by atoms with Crippen LogP contribution in [0.2, 0.25) is 0 Å². The van der Waals surface area contributed by atoms with E-state index in [9.17, 15) is 18.8 Å². The number of halogens is 1. The zero-order valence-corrected chi connectivity index (χ0v) is 23.9. The number of nitrogens with one attached hydrogen (secondary N) is 1. The molecule has 7 nitrogen and oxygen atoms in total. The second kappa shape index (κ2) is 10.1. The van der Waals surface area contributed by atoms with Crippen molar-refractivity contribution in [3.05, 3.63) is 0 Å². The summed E-state index contributed by atoms with van der Waals surface area (Å²) in [6.45, 7) is 10.6. The maximum atomic E-state index is 14.2. The zero-order valence-electron chi connectivity index (χ0n) is 23.9. The molecule has 38 heavy (non-hydrogen) atoms. The number of piperidine rings is 1. The molecular formula is C30H47FN2O5. The highest BCUT2D eigenvalue weighted by Crippen LogP contribution is 2.69. The van der Waals surface area contributed by atoms with Crippen molar-refractivity contribution < 1.29 is 28.2 Å². The third kappa shape index (κ3) is 4.23. The van der Waals surface area contributed by atoms with Gasteiger partial charge in [0.1, 0.15) is 11.9 Å². The van der Waals surface area contributed by atoms with E-state index in [2.05, 4.69) is 31.0 Å². The Bertz CT molecular complexity index is 961. The first kappa shape index (κ1) is 28.0. The fraction of sp³-hybridized carbons (Fsp3) is 0.900. The van der Waals surface area contributed by atoms with E-state index in [1.54, 1.807) is 7.11 Å². The number of imide groups is 1. The number of nitrogens with zero attached hydrogens (tertiary/aromatic N) is 1. The van der Waals surface area contributed by atoms with Crippen molar-refractivity contribution >= 4 is 17.8 Å². The molecular weight excluding hydrogens is 487 g/mol. The van der Waals surface area contributed by atoms with Crippen LogP contribution in [0.4, 0.5) is 9.18 Å². The van der Waals surface area contributed by atoms with Crippen LogP contribution in [-0.2, 0) is 19.1 Å². The van der Waals surface area contributed by atoms with Gasteiger partial charge in [-0.1, -0.05) is 27.7 Å². The molecule has 2 heterocycles. The van der Waals surface area contributed by atoms with E-state index in [0.717, 1.165) is 45.2 Å². The maximum absolute atomic E-state index is 14.2. The second-order valence-electron chi connectivity index (χ2n) is 13.8. The van der Waals surface area contributed by atoms with E-state index in [4.69, 9.17) is 9.47 Å². The van der Waals surface area contributed by atoms with Gasteiger partial charge in [0, 0.05) is 42.9 Å². The van der Waals surface area contributed by atoms with Gasteiger partial charge in [0.2, 0.25) is 5.91 Å². The fourth-order valence-corrected chi connectivity index (χ4v) is 9.78. The van der Waals surface area contributed by atoms with Crippen molar-refractivity contribution in [1.82, 2.24) is 10.2 Å². The molecule has 1 N–H and O–H groups in total. The molecule has 214 valence electrons. The number of hydrogen-bond donors (Lipinski definition) is 1. The Labute approximate surface area is 226 Å². The maximum Gasteiger partial charge on any atom is 0.414 e. The van der Waals surface area contributed by atoms with Gasteiger partial charge in [0.05, 0.1) is 18.7 Å². The highest BCUT2D eigenvalue weighted by atomic mass is 19.1. The average Bonchev–Trinajstić information content (AvgIpc) is 3.63. The van der Waals surface area contributed by atoms with Gasteiger partial charge in [-0.2, -0.15) is 0 Å². The molecule has 2 amide bonds. The van der Waals surface area contributed by atoms with Gasteiger partial charge < -0.3 is 14.4 Å². The Morgan fingerprint density at radius 1 is 1.13 bits per heavy atom. The van der Waals surface area contributed by atoms with E-state index in [-0.39, 0.29) is 46.9 Å². The summed E-state index contributed by atoms with van der Waals surface area (Å²) in [5, 5.41) is 2.57. The van der Waals surface area contributed by atoms with Gasteiger partial charge in [-0.15, -0.1) is 0 Å². The lowest BCUT2D eigenvalue weighted by molar-refractivity contribution is -0.192. The predicted molar refractivity (Wildman–Crippen MR) is 141 cm³/mol. The van der Waals surface area contributed by atoms with Crippen molar-refractivity contribution in [2.45, 2.75) is 91.3 Å². The Hall–Kier alpha value is -1.54. The number of alkyl halides is 1. The predicted octanol–water partition coefficient (Wildman–Crippen LogP) is 4.77. The number of ketones is 1. The molecule has 5 fully saturated rings. The topological polar surface area (TPSA) is 84.9 Å². The zero-order chi connectivity index (χ0) is 27.5. The van der Waals surface area contributed by atoms with Gasteiger partial charge in [-0.3, -0.25) is 19.3 Å². The minimum atomic E-state index is -0.806. The van der Waals surface area contributed by atoms with E-state index < -0.39 is 29.7 Å². The summed E-state index contributed by atoms with van der Waals surface area (Å²) >= 11 is 0. The summed E-state index contributed by atoms with van der Waals surface area (Å²) in [4.78, 5) is 42.9. The summed E-state index contributed by atoms with van der Waals surface area (Å²) in [5.41, 5.74) is -1.48. The van der Waals surface area contributed by atoms with Crippen LogP contribution >= 0.6 is 0 Å². The molecule has 2 aliphatic heterocycles. The summed E-state index contributed by atoms with van der Waals surface area (Å²) < 4.78 is 25.7. The van der Waals surface area contributed by atoms with Gasteiger partial charge >= 0.3 is 6.09 Å². The quantitative estimate of drug-likeness (QED) is 0.528. The number of alkyl carbamates (subject to hydrolysis) is 1. The first-order valence-electron chi connectivity index (χ1n) is 14.9. The van der Waals surface area contributed by atoms with Crippen molar-refractivity contribution in [2.75, 3.05) is 33.4 Å². The smallest absolute Gasteiger partial charge is 0.414 e. The number of hydrogen-bond acceptors (Lipinski definition) is 6. The number of carbonyl (C=O) groups is 3. The molecule has 0 aromatic rings. The molecule has 0 aromatic heterocycles. The molecule has 0 spiro atoms. The molecule has 4 unspecified atom stereocenters.